The summed E-state index contributed by atoms with van der Waals surface area (Å²) in [5.41, 5.74) is 5.23. The Morgan fingerprint density at radius 2 is 2.07 bits per heavy atom. The Bertz CT molecular complexity index is 1780. The molecule has 1 aliphatic heterocycles. The zero-order valence-corrected chi connectivity index (χ0v) is 25.6. The van der Waals surface area contributed by atoms with Crippen molar-refractivity contribution < 1.29 is 9.53 Å². The molecule has 228 valence electrons. The van der Waals surface area contributed by atoms with Crippen molar-refractivity contribution in [1.82, 2.24) is 39.6 Å². The lowest BCUT2D eigenvalue weighted by atomic mass is 10.1. The Kier molecular flexibility index (Phi) is 8.11. The molecule has 0 aliphatic carbocycles. The van der Waals surface area contributed by atoms with Crippen LogP contribution >= 0.6 is 0 Å². The topological polar surface area (TPSA) is 142 Å². The van der Waals surface area contributed by atoms with Crippen LogP contribution in [0, 0.1) is 13.8 Å². The second kappa shape index (κ2) is 12.3. The number of likely N-dealkylation sites (tertiary alicyclic amines) is 1. The van der Waals surface area contributed by atoms with Crippen molar-refractivity contribution in [2.24, 2.45) is 7.05 Å². The first-order chi connectivity index (χ1) is 21.3. The molecule has 13 heteroatoms. The van der Waals surface area contributed by atoms with Crippen molar-refractivity contribution in [3.63, 3.8) is 0 Å². The summed E-state index contributed by atoms with van der Waals surface area (Å²) in [6, 6.07) is 10.0. The van der Waals surface area contributed by atoms with E-state index in [4.69, 9.17) is 9.72 Å². The predicted molar refractivity (Wildman–Crippen MR) is 170 cm³/mol. The van der Waals surface area contributed by atoms with Gasteiger partial charge in [-0.25, -0.2) is 15.0 Å². The minimum Gasteiger partial charge on any atom is -0.459 e. The van der Waals surface area contributed by atoms with Crippen LogP contribution < -0.4 is 20.3 Å². The van der Waals surface area contributed by atoms with E-state index in [1.54, 1.807) is 17.1 Å². The van der Waals surface area contributed by atoms with Gasteiger partial charge in [0.15, 0.2) is 5.82 Å². The van der Waals surface area contributed by atoms with E-state index in [-0.39, 0.29) is 18.6 Å². The molecule has 3 N–H and O–H groups in total. The van der Waals surface area contributed by atoms with Gasteiger partial charge >= 0.3 is 6.01 Å². The molecule has 1 atom stereocenters. The molecule has 1 aromatic carbocycles. The number of benzene rings is 1. The molecule has 4 aromatic heterocycles. The molecule has 1 fully saturated rings. The Morgan fingerprint density at radius 3 is 2.86 bits per heavy atom. The first-order valence-corrected chi connectivity index (χ1v) is 14.7. The zero-order chi connectivity index (χ0) is 30.8. The number of rotatable bonds is 10. The molecule has 13 nitrogen and oxygen atoms in total. The van der Waals surface area contributed by atoms with E-state index in [1.807, 2.05) is 69.4 Å². The Hall–Kier alpha value is -5.04. The number of amides is 1. The number of H-pyrrole nitrogens is 1. The monoisotopic (exact) mass is 595 g/mol. The van der Waals surface area contributed by atoms with Gasteiger partial charge in [-0.1, -0.05) is 12.1 Å². The fraction of sp³-hybridized carbons (Fsp3) is 0.355. The summed E-state index contributed by atoms with van der Waals surface area (Å²) in [6.07, 6.45) is 6.15. The summed E-state index contributed by atoms with van der Waals surface area (Å²) in [6.45, 7) is 8.51. The van der Waals surface area contributed by atoms with Gasteiger partial charge in [0.2, 0.25) is 11.9 Å². The lowest BCUT2D eigenvalue weighted by molar-refractivity contribution is -0.117. The van der Waals surface area contributed by atoms with Crippen LogP contribution in [0.3, 0.4) is 0 Å². The molecule has 0 saturated carbocycles. The number of aromatic nitrogens is 7. The maximum Gasteiger partial charge on any atom is 0.318 e. The molecule has 1 aliphatic rings. The summed E-state index contributed by atoms with van der Waals surface area (Å²) in [4.78, 5) is 38.6. The highest BCUT2D eigenvalue weighted by Gasteiger charge is 2.27. The fourth-order valence-electron chi connectivity index (χ4n) is 5.31. The van der Waals surface area contributed by atoms with Crippen molar-refractivity contribution in [1.29, 1.82) is 0 Å². The minimum atomic E-state index is -0.0903. The van der Waals surface area contributed by atoms with Gasteiger partial charge in [-0.15, -0.1) is 0 Å². The van der Waals surface area contributed by atoms with E-state index in [0.29, 0.717) is 30.0 Å². The number of hydrogen-bond donors (Lipinski definition) is 3. The summed E-state index contributed by atoms with van der Waals surface area (Å²) in [5, 5.41) is 11.7. The van der Waals surface area contributed by atoms with Gasteiger partial charge < -0.3 is 25.3 Å². The number of para-hydroxylation sites is 1. The second-order valence-electron chi connectivity index (χ2n) is 11.1. The first kappa shape index (κ1) is 29.1. The number of aryl methyl sites for hydroxylation is 3. The van der Waals surface area contributed by atoms with Crippen molar-refractivity contribution in [2.45, 2.75) is 33.3 Å². The number of ether oxygens (including phenoxy) is 1. The molecule has 0 radical (unpaired) electrons. The van der Waals surface area contributed by atoms with E-state index < -0.39 is 0 Å². The molecule has 5 heterocycles. The summed E-state index contributed by atoms with van der Waals surface area (Å²) in [7, 11) is 3.87. The molecule has 0 spiro atoms. The van der Waals surface area contributed by atoms with Crippen LogP contribution in [0.1, 0.15) is 24.6 Å². The van der Waals surface area contributed by atoms with E-state index in [9.17, 15) is 4.79 Å². The standard InChI is InChI=1S/C31H37N11O2/c1-6-40(4)26-10-12-32-31(37-26)44-21-11-13-42(17-21)18-27(43)35-24-9-7-8-22-23(16-33-29(22)24)28-19(2)15-34-30(38-28)36-25-14-20(3)41(5)39-25/h7-10,12,14-16,21,33H,6,11,13,17-18H2,1-5H3,(H,35,43)(H,34,36,38,39). The number of anilines is 4. The molecule has 6 rings (SSSR count). The van der Waals surface area contributed by atoms with E-state index in [1.165, 1.54) is 0 Å². The van der Waals surface area contributed by atoms with Gasteiger partial charge in [0.05, 0.1) is 23.4 Å². The number of carbonyl (C=O) groups is 1. The lowest BCUT2D eigenvalue weighted by Gasteiger charge is -2.18. The van der Waals surface area contributed by atoms with Crippen LogP contribution in [0.4, 0.5) is 23.3 Å². The Morgan fingerprint density at radius 1 is 1.20 bits per heavy atom. The SMILES string of the molecule is CCN(C)c1ccnc(OC2CCN(CC(=O)Nc3cccc4c(-c5nc(Nc6cc(C)n(C)n6)ncc5C)c[nH]c34)C2)n1. The number of carbonyl (C=O) groups excluding carboxylic acids is 1. The summed E-state index contributed by atoms with van der Waals surface area (Å²) in [5.74, 6) is 1.87. The van der Waals surface area contributed by atoms with Gasteiger partial charge in [0, 0.05) is 75.0 Å². The number of nitrogens with one attached hydrogen (secondary N) is 3. The number of aromatic amines is 1. The maximum absolute atomic E-state index is 13.1. The molecular formula is C31H37N11O2. The van der Waals surface area contributed by atoms with Crippen LogP contribution in [0.25, 0.3) is 22.2 Å². The Balaban J connectivity index is 1.11. The molecule has 1 saturated heterocycles. The summed E-state index contributed by atoms with van der Waals surface area (Å²) >= 11 is 0. The van der Waals surface area contributed by atoms with Gasteiger partial charge in [-0.3, -0.25) is 14.4 Å². The second-order valence-corrected chi connectivity index (χ2v) is 11.1. The highest BCUT2D eigenvalue weighted by Crippen LogP contribution is 2.33. The van der Waals surface area contributed by atoms with Gasteiger partial charge in [-0.2, -0.15) is 10.1 Å². The van der Waals surface area contributed by atoms with Crippen LogP contribution in [0.15, 0.2) is 48.9 Å². The molecule has 1 unspecified atom stereocenters. The van der Waals surface area contributed by atoms with E-state index >= 15 is 0 Å². The highest BCUT2D eigenvalue weighted by molar-refractivity contribution is 6.06. The normalized spacial score (nSPS) is 15.1. The molecule has 1 amide bonds. The van der Waals surface area contributed by atoms with Crippen molar-refractivity contribution in [3.05, 3.63) is 60.2 Å². The van der Waals surface area contributed by atoms with Gasteiger partial charge in [-0.05, 0) is 44.9 Å². The van der Waals surface area contributed by atoms with Gasteiger partial charge in [0.25, 0.3) is 0 Å². The number of nitrogens with zero attached hydrogens (tertiary/aromatic N) is 8. The first-order valence-electron chi connectivity index (χ1n) is 14.7. The largest absolute Gasteiger partial charge is 0.459 e. The van der Waals surface area contributed by atoms with Crippen LogP contribution in [-0.2, 0) is 11.8 Å². The average Bonchev–Trinajstić information content (AvgIpc) is 3.72. The van der Waals surface area contributed by atoms with Crippen molar-refractivity contribution in [3.8, 4) is 17.3 Å². The minimum absolute atomic E-state index is 0.0726. The third-order valence-corrected chi connectivity index (χ3v) is 7.92. The molecule has 44 heavy (non-hydrogen) atoms. The Labute approximate surface area is 255 Å². The van der Waals surface area contributed by atoms with E-state index in [0.717, 1.165) is 58.7 Å². The number of hydrogen-bond acceptors (Lipinski definition) is 10. The number of fused-ring (bicyclic) bond motifs is 1. The molecular weight excluding hydrogens is 558 g/mol. The third-order valence-electron chi connectivity index (χ3n) is 7.92. The maximum atomic E-state index is 13.1. The third kappa shape index (κ3) is 6.18. The lowest BCUT2D eigenvalue weighted by Crippen LogP contribution is -2.33. The quantitative estimate of drug-likeness (QED) is 0.216. The van der Waals surface area contributed by atoms with E-state index in [2.05, 4.69) is 47.5 Å². The smallest absolute Gasteiger partial charge is 0.318 e. The zero-order valence-electron chi connectivity index (χ0n) is 25.6. The predicted octanol–water partition coefficient (Wildman–Crippen LogP) is 4.06. The van der Waals surface area contributed by atoms with Crippen LogP contribution in [0.2, 0.25) is 0 Å². The summed E-state index contributed by atoms with van der Waals surface area (Å²) < 4.78 is 7.85. The molecule has 0 bridgehead atoms. The van der Waals surface area contributed by atoms with Crippen LogP contribution in [-0.4, -0.2) is 84.8 Å². The molecule has 5 aromatic rings. The highest BCUT2D eigenvalue weighted by atomic mass is 16.5. The van der Waals surface area contributed by atoms with Crippen molar-refractivity contribution in [2.75, 3.05) is 48.8 Å². The van der Waals surface area contributed by atoms with Gasteiger partial charge in [0.1, 0.15) is 11.9 Å². The average molecular weight is 596 g/mol. The fourth-order valence-corrected chi connectivity index (χ4v) is 5.31. The van der Waals surface area contributed by atoms with Crippen LogP contribution in [0.5, 0.6) is 6.01 Å². The van der Waals surface area contributed by atoms with Crippen molar-refractivity contribution >= 4 is 40.1 Å².